The molecule has 0 atom stereocenters. The molecule has 0 aliphatic rings. The normalized spacial score (nSPS) is 11.6. The minimum atomic E-state index is 0.664. The number of nitrogens with two attached hydrogens (primary N) is 1. The zero-order valence-electron chi connectivity index (χ0n) is 11.8. The summed E-state index contributed by atoms with van der Waals surface area (Å²) in [6.07, 6.45) is 3.46. The minimum Gasteiger partial charge on any atom is -0.382 e. The lowest BCUT2D eigenvalue weighted by molar-refractivity contribution is 0.0624. The van der Waals surface area contributed by atoms with Gasteiger partial charge in [0, 0.05) is 39.4 Å². The summed E-state index contributed by atoms with van der Waals surface area (Å²) in [5, 5.41) is 0. The Labute approximate surface area is 106 Å². The monoisotopic (exact) mass is 246 g/mol. The fourth-order valence-electron chi connectivity index (χ4n) is 2.06. The number of ether oxygens (including phenoxy) is 2. The van der Waals surface area contributed by atoms with E-state index in [1.807, 2.05) is 0 Å². The quantitative estimate of drug-likeness (QED) is 0.530. The van der Waals surface area contributed by atoms with Crippen molar-refractivity contribution in [2.45, 2.75) is 39.2 Å². The van der Waals surface area contributed by atoms with Crippen LogP contribution < -0.4 is 5.73 Å². The largest absolute Gasteiger partial charge is 0.382 e. The second-order valence-electron chi connectivity index (χ2n) is 4.25. The highest BCUT2D eigenvalue weighted by Gasteiger charge is 2.13. The molecule has 17 heavy (non-hydrogen) atoms. The lowest BCUT2D eigenvalue weighted by Crippen LogP contribution is -2.39. The van der Waals surface area contributed by atoms with E-state index in [0.717, 1.165) is 32.7 Å². The molecule has 0 radical (unpaired) electrons. The van der Waals surface area contributed by atoms with E-state index in [-0.39, 0.29) is 0 Å². The van der Waals surface area contributed by atoms with Gasteiger partial charge in [0.1, 0.15) is 0 Å². The minimum absolute atomic E-state index is 0.664. The van der Waals surface area contributed by atoms with E-state index >= 15 is 0 Å². The molecule has 0 aliphatic carbocycles. The van der Waals surface area contributed by atoms with Crippen LogP contribution in [0.5, 0.6) is 0 Å². The maximum Gasteiger partial charge on any atom is 0.0700 e. The van der Waals surface area contributed by atoms with Crippen LogP contribution in [-0.4, -0.2) is 57.5 Å². The smallest absolute Gasteiger partial charge is 0.0700 e. The Kier molecular flexibility index (Phi) is 12.2. The molecule has 0 amide bonds. The van der Waals surface area contributed by atoms with Crippen LogP contribution in [-0.2, 0) is 9.47 Å². The van der Waals surface area contributed by atoms with Crippen molar-refractivity contribution in [2.24, 2.45) is 5.73 Å². The van der Waals surface area contributed by atoms with E-state index in [2.05, 4.69) is 18.7 Å². The van der Waals surface area contributed by atoms with E-state index in [9.17, 15) is 0 Å². The van der Waals surface area contributed by atoms with Crippen molar-refractivity contribution in [3.8, 4) is 0 Å². The molecule has 0 aromatic carbocycles. The molecule has 0 heterocycles. The van der Waals surface area contributed by atoms with E-state index < -0.39 is 0 Å². The van der Waals surface area contributed by atoms with Gasteiger partial charge >= 0.3 is 0 Å². The molecule has 0 bridgehead atoms. The first-order valence-electron chi connectivity index (χ1n) is 6.80. The maximum atomic E-state index is 5.66. The Hall–Kier alpha value is -0.160. The lowest BCUT2D eigenvalue weighted by atomic mass is 10.1. The topological polar surface area (TPSA) is 47.7 Å². The Morgan fingerprint density at radius 2 is 1.76 bits per heavy atom. The molecular weight excluding hydrogens is 216 g/mol. The van der Waals surface area contributed by atoms with E-state index in [1.165, 1.54) is 12.8 Å². The molecular formula is C13H30N2O2. The van der Waals surface area contributed by atoms with Gasteiger partial charge in [0.05, 0.1) is 13.2 Å². The van der Waals surface area contributed by atoms with Crippen LogP contribution in [0.2, 0.25) is 0 Å². The van der Waals surface area contributed by atoms with Gasteiger partial charge in [0.25, 0.3) is 0 Å². The van der Waals surface area contributed by atoms with Crippen molar-refractivity contribution < 1.29 is 9.47 Å². The molecule has 0 rings (SSSR count). The van der Waals surface area contributed by atoms with Gasteiger partial charge in [-0.05, 0) is 19.3 Å². The standard InChI is InChI=1S/C13H30N2O2/c1-4-13(5-2)15(9-7-14)8-6-10-17-12-11-16-3/h13H,4-12,14H2,1-3H3. The Morgan fingerprint density at radius 1 is 1.06 bits per heavy atom. The summed E-state index contributed by atoms with van der Waals surface area (Å²) in [7, 11) is 1.69. The van der Waals surface area contributed by atoms with E-state index in [4.69, 9.17) is 15.2 Å². The number of nitrogens with zero attached hydrogens (tertiary/aromatic N) is 1. The van der Waals surface area contributed by atoms with Crippen LogP contribution in [0, 0.1) is 0 Å². The summed E-state index contributed by atoms with van der Waals surface area (Å²) in [6.45, 7) is 9.48. The van der Waals surface area contributed by atoms with Crippen molar-refractivity contribution in [1.29, 1.82) is 0 Å². The highest BCUT2D eigenvalue weighted by atomic mass is 16.5. The first-order chi connectivity index (χ1) is 8.29. The third-order valence-corrected chi connectivity index (χ3v) is 3.04. The SMILES string of the molecule is CCC(CC)N(CCN)CCCOCCOC. The Morgan fingerprint density at radius 3 is 2.29 bits per heavy atom. The van der Waals surface area contributed by atoms with Gasteiger partial charge in [-0.2, -0.15) is 0 Å². The van der Waals surface area contributed by atoms with Gasteiger partial charge in [0.2, 0.25) is 0 Å². The van der Waals surface area contributed by atoms with Gasteiger partial charge in [-0.3, -0.25) is 4.90 Å². The first kappa shape index (κ1) is 16.8. The number of hydrogen-bond donors (Lipinski definition) is 1. The van der Waals surface area contributed by atoms with Crippen molar-refractivity contribution in [2.75, 3.05) is 46.6 Å². The zero-order chi connectivity index (χ0) is 12.9. The third-order valence-electron chi connectivity index (χ3n) is 3.04. The molecule has 4 nitrogen and oxygen atoms in total. The first-order valence-corrected chi connectivity index (χ1v) is 6.80. The average Bonchev–Trinajstić information content (AvgIpc) is 2.35. The van der Waals surface area contributed by atoms with Crippen LogP contribution in [0.4, 0.5) is 0 Å². The molecule has 0 fully saturated rings. The van der Waals surface area contributed by atoms with E-state index in [1.54, 1.807) is 7.11 Å². The molecule has 0 aromatic heterocycles. The second-order valence-corrected chi connectivity index (χ2v) is 4.25. The lowest BCUT2D eigenvalue weighted by Gasteiger charge is -2.29. The Bertz CT molecular complexity index is 152. The van der Waals surface area contributed by atoms with E-state index in [0.29, 0.717) is 19.3 Å². The van der Waals surface area contributed by atoms with Gasteiger partial charge in [-0.15, -0.1) is 0 Å². The summed E-state index contributed by atoms with van der Waals surface area (Å²) in [5.74, 6) is 0. The van der Waals surface area contributed by atoms with Gasteiger partial charge in [0.15, 0.2) is 0 Å². The summed E-state index contributed by atoms with van der Waals surface area (Å²) < 4.78 is 10.4. The highest BCUT2D eigenvalue weighted by molar-refractivity contribution is 4.69. The molecule has 0 saturated carbocycles. The Balaban J connectivity index is 3.69. The average molecular weight is 246 g/mol. The molecule has 104 valence electrons. The zero-order valence-corrected chi connectivity index (χ0v) is 11.8. The summed E-state index contributed by atoms with van der Waals surface area (Å²) in [4.78, 5) is 2.49. The highest BCUT2D eigenvalue weighted by Crippen LogP contribution is 2.08. The van der Waals surface area contributed by atoms with Crippen molar-refractivity contribution >= 4 is 0 Å². The molecule has 0 unspecified atom stereocenters. The van der Waals surface area contributed by atoms with Crippen molar-refractivity contribution in [1.82, 2.24) is 4.90 Å². The van der Waals surface area contributed by atoms with Gasteiger partial charge < -0.3 is 15.2 Å². The number of methoxy groups -OCH3 is 1. The maximum absolute atomic E-state index is 5.66. The second kappa shape index (κ2) is 12.3. The van der Waals surface area contributed by atoms with Gasteiger partial charge in [-0.1, -0.05) is 13.8 Å². The van der Waals surface area contributed by atoms with Crippen LogP contribution >= 0.6 is 0 Å². The molecule has 0 aromatic rings. The predicted octanol–water partition coefficient (Wildman–Crippen LogP) is 1.49. The van der Waals surface area contributed by atoms with Crippen molar-refractivity contribution in [3.05, 3.63) is 0 Å². The molecule has 0 saturated heterocycles. The van der Waals surface area contributed by atoms with Crippen LogP contribution in [0.1, 0.15) is 33.1 Å². The summed E-state index contributed by atoms with van der Waals surface area (Å²) >= 11 is 0. The predicted molar refractivity (Wildman–Crippen MR) is 72.3 cm³/mol. The summed E-state index contributed by atoms with van der Waals surface area (Å²) in [5.41, 5.74) is 5.66. The molecule has 4 heteroatoms. The van der Waals surface area contributed by atoms with Gasteiger partial charge in [-0.25, -0.2) is 0 Å². The molecule has 0 spiro atoms. The number of hydrogen-bond acceptors (Lipinski definition) is 4. The third kappa shape index (κ3) is 8.55. The number of rotatable bonds is 12. The summed E-state index contributed by atoms with van der Waals surface area (Å²) in [6, 6.07) is 0.664. The molecule has 0 aliphatic heterocycles. The van der Waals surface area contributed by atoms with Crippen LogP contribution in [0.25, 0.3) is 0 Å². The van der Waals surface area contributed by atoms with Crippen LogP contribution in [0.3, 0.4) is 0 Å². The fourth-order valence-corrected chi connectivity index (χ4v) is 2.06. The van der Waals surface area contributed by atoms with Crippen LogP contribution in [0.15, 0.2) is 0 Å². The van der Waals surface area contributed by atoms with Crippen molar-refractivity contribution in [3.63, 3.8) is 0 Å². The fraction of sp³-hybridized carbons (Fsp3) is 1.00. The molecule has 2 N–H and O–H groups in total.